The third kappa shape index (κ3) is 3.45. The number of aromatic nitrogens is 2. The molecule has 1 aliphatic rings. The van der Waals surface area contributed by atoms with Crippen LogP contribution in [-0.2, 0) is 5.75 Å². The van der Waals surface area contributed by atoms with Crippen molar-refractivity contribution in [3.8, 4) is 0 Å². The number of nitrogens with zero attached hydrogens (tertiary/aromatic N) is 2. The lowest BCUT2D eigenvalue weighted by Gasteiger charge is -2.17. The molecule has 0 spiro atoms. The second-order valence-electron chi connectivity index (χ2n) is 5.57. The van der Waals surface area contributed by atoms with Gasteiger partial charge in [-0.05, 0) is 12.8 Å². The van der Waals surface area contributed by atoms with Crippen molar-refractivity contribution in [2.45, 2.75) is 50.0 Å². The second kappa shape index (κ2) is 4.88. The quantitative estimate of drug-likeness (QED) is 0.907. The second-order valence-corrected chi connectivity index (χ2v) is 7.37. The van der Waals surface area contributed by atoms with E-state index in [1.165, 1.54) is 6.20 Å². The first kappa shape index (κ1) is 13.3. The molecule has 98 valence electrons. The SMILES string of the molecule is CC(C)(C)SCc1ncc(C(=O)O)c(C2CC2)n1. The molecule has 1 heterocycles. The minimum atomic E-state index is -0.924. The van der Waals surface area contributed by atoms with Crippen LogP contribution in [0.15, 0.2) is 6.20 Å². The standard InChI is InChI=1S/C13H18N2O2S/c1-13(2,3)18-7-10-14-6-9(12(16)17)11(15-10)8-4-5-8/h6,8H,4-5,7H2,1-3H3,(H,16,17). The molecule has 1 aromatic heterocycles. The van der Waals surface area contributed by atoms with Gasteiger partial charge >= 0.3 is 5.97 Å². The summed E-state index contributed by atoms with van der Waals surface area (Å²) in [6, 6.07) is 0. The first-order valence-corrected chi connectivity index (χ1v) is 7.08. The van der Waals surface area contributed by atoms with Gasteiger partial charge in [0.15, 0.2) is 0 Å². The average Bonchev–Trinajstić information content (AvgIpc) is 3.08. The summed E-state index contributed by atoms with van der Waals surface area (Å²) in [4.78, 5) is 19.7. The molecule has 2 rings (SSSR count). The van der Waals surface area contributed by atoms with Gasteiger partial charge in [-0.2, -0.15) is 0 Å². The minimum Gasteiger partial charge on any atom is -0.478 e. The largest absolute Gasteiger partial charge is 0.478 e. The Kier molecular flexibility index (Phi) is 3.61. The zero-order valence-corrected chi connectivity index (χ0v) is 11.8. The molecule has 0 aromatic carbocycles. The molecule has 18 heavy (non-hydrogen) atoms. The van der Waals surface area contributed by atoms with Gasteiger partial charge < -0.3 is 5.11 Å². The molecule has 0 bridgehead atoms. The van der Waals surface area contributed by atoms with Crippen molar-refractivity contribution in [1.29, 1.82) is 0 Å². The maximum atomic E-state index is 11.1. The third-order valence-electron chi connectivity index (χ3n) is 2.70. The molecule has 4 nitrogen and oxygen atoms in total. The molecule has 1 aromatic rings. The molecule has 0 aliphatic heterocycles. The summed E-state index contributed by atoms with van der Waals surface area (Å²) in [5.74, 6) is 0.870. The van der Waals surface area contributed by atoms with Crippen LogP contribution in [0.5, 0.6) is 0 Å². The van der Waals surface area contributed by atoms with Crippen LogP contribution in [-0.4, -0.2) is 25.8 Å². The van der Waals surface area contributed by atoms with Gasteiger partial charge in [-0.3, -0.25) is 0 Å². The van der Waals surface area contributed by atoms with E-state index < -0.39 is 5.97 Å². The highest BCUT2D eigenvalue weighted by Gasteiger charge is 2.30. The van der Waals surface area contributed by atoms with E-state index in [1.807, 2.05) is 0 Å². The van der Waals surface area contributed by atoms with Gasteiger partial charge in [0.25, 0.3) is 0 Å². The van der Waals surface area contributed by atoms with Crippen LogP contribution in [0.2, 0.25) is 0 Å². The van der Waals surface area contributed by atoms with Gasteiger partial charge in [-0.15, -0.1) is 11.8 Å². The number of aromatic carboxylic acids is 1. The fourth-order valence-electron chi connectivity index (χ4n) is 1.62. The molecular weight excluding hydrogens is 248 g/mol. The lowest BCUT2D eigenvalue weighted by molar-refractivity contribution is 0.0694. The summed E-state index contributed by atoms with van der Waals surface area (Å²) in [5.41, 5.74) is 0.990. The van der Waals surface area contributed by atoms with E-state index in [9.17, 15) is 4.79 Å². The van der Waals surface area contributed by atoms with Crippen LogP contribution in [0.4, 0.5) is 0 Å². The summed E-state index contributed by atoms with van der Waals surface area (Å²) in [6.45, 7) is 6.43. The topological polar surface area (TPSA) is 63.1 Å². The van der Waals surface area contributed by atoms with Crippen molar-refractivity contribution in [2.24, 2.45) is 0 Å². The molecule has 1 aliphatic carbocycles. The smallest absolute Gasteiger partial charge is 0.339 e. The Morgan fingerprint density at radius 2 is 2.17 bits per heavy atom. The highest BCUT2D eigenvalue weighted by molar-refractivity contribution is 7.99. The Balaban J connectivity index is 2.18. The van der Waals surface area contributed by atoms with Crippen LogP contribution in [0.1, 0.15) is 61.4 Å². The van der Waals surface area contributed by atoms with Crippen molar-refractivity contribution in [2.75, 3.05) is 0 Å². The monoisotopic (exact) mass is 266 g/mol. The van der Waals surface area contributed by atoms with Gasteiger partial charge in [-0.1, -0.05) is 20.8 Å². The van der Waals surface area contributed by atoms with E-state index in [0.29, 0.717) is 5.92 Å². The van der Waals surface area contributed by atoms with E-state index in [1.54, 1.807) is 11.8 Å². The number of carboxylic acid groups (broad SMARTS) is 1. The number of hydrogen-bond donors (Lipinski definition) is 1. The molecule has 1 saturated carbocycles. The van der Waals surface area contributed by atoms with Gasteiger partial charge in [-0.25, -0.2) is 14.8 Å². The maximum absolute atomic E-state index is 11.1. The summed E-state index contributed by atoms with van der Waals surface area (Å²) in [5, 5.41) is 9.11. The van der Waals surface area contributed by atoms with E-state index >= 15 is 0 Å². The zero-order chi connectivity index (χ0) is 13.3. The third-order valence-corrected chi connectivity index (χ3v) is 3.97. The van der Waals surface area contributed by atoms with E-state index in [0.717, 1.165) is 30.1 Å². The molecule has 0 radical (unpaired) electrons. The fourth-order valence-corrected chi connectivity index (χ4v) is 2.32. The zero-order valence-electron chi connectivity index (χ0n) is 10.9. The van der Waals surface area contributed by atoms with Gasteiger partial charge in [0.1, 0.15) is 5.82 Å². The number of hydrogen-bond acceptors (Lipinski definition) is 4. The van der Waals surface area contributed by atoms with Crippen LogP contribution in [0.3, 0.4) is 0 Å². The minimum absolute atomic E-state index is 0.161. The Morgan fingerprint density at radius 1 is 1.50 bits per heavy atom. The van der Waals surface area contributed by atoms with Crippen LogP contribution >= 0.6 is 11.8 Å². The lowest BCUT2D eigenvalue weighted by Crippen LogP contribution is -2.11. The molecule has 0 unspecified atom stereocenters. The van der Waals surface area contributed by atoms with E-state index in [2.05, 4.69) is 30.7 Å². The molecular formula is C13H18N2O2S. The molecule has 5 heteroatoms. The number of carbonyl (C=O) groups is 1. The van der Waals surface area contributed by atoms with Crippen LogP contribution in [0.25, 0.3) is 0 Å². The van der Waals surface area contributed by atoms with Gasteiger partial charge in [0.2, 0.25) is 0 Å². The van der Waals surface area contributed by atoms with Crippen molar-refractivity contribution in [1.82, 2.24) is 9.97 Å². The molecule has 0 saturated heterocycles. The first-order valence-electron chi connectivity index (χ1n) is 6.10. The molecule has 0 atom stereocenters. The predicted molar refractivity (Wildman–Crippen MR) is 72.0 cm³/mol. The normalized spacial score (nSPS) is 15.7. The van der Waals surface area contributed by atoms with Crippen molar-refractivity contribution < 1.29 is 9.90 Å². The number of carboxylic acids is 1. The Labute approximate surface area is 111 Å². The average molecular weight is 266 g/mol. The Bertz CT molecular complexity index is 465. The van der Waals surface area contributed by atoms with Gasteiger partial charge in [0, 0.05) is 16.9 Å². The first-order chi connectivity index (χ1) is 8.37. The van der Waals surface area contributed by atoms with Gasteiger partial charge in [0.05, 0.1) is 17.0 Å². The summed E-state index contributed by atoms with van der Waals surface area (Å²) in [6.07, 6.45) is 3.55. The van der Waals surface area contributed by atoms with Crippen molar-refractivity contribution in [3.63, 3.8) is 0 Å². The highest BCUT2D eigenvalue weighted by Crippen LogP contribution is 2.40. The maximum Gasteiger partial charge on any atom is 0.339 e. The lowest BCUT2D eigenvalue weighted by atomic mass is 10.1. The predicted octanol–water partition coefficient (Wildman–Crippen LogP) is 3.08. The van der Waals surface area contributed by atoms with Crippen LogP contribution < -0.4 is 0 Å². The van der Waals surface area contributed by atoms with Crippen molar-refractivity contribution in [3.05, 3.63) is 23.3 Å². The van der Waals surface area contributed by atoms with E-state index in [4.69, 9.17) is 5.11 Å². The fraction of sp³-hybridized carbons (Fsp3) is 0.615. The summed E-state index contributed by atoms with van der Waals surface area (Å²) >= 11 is 1.77. The molecule has 1 fully saturated rings. The number of rotatable bonds is 4. The van der Waals surface area contributed by atoms with Crippen LogP contribution in [0, 0.1) is 0 Å². The highest BCUT2D eigenvalue weighted by atomic mass is 32.2. The van der Waals surface area contributed by atoms with E-state index in [-0.39, 0.29) is 10.3 Å². The Morgan fingerprint density at radius 3 is 2.67 bits per heavy atom. The molecule has 0 amide bonds. The Hall–Kier alpha value is -1.10. The van der Waals surface area contributed by atoms with Crippen molar-refractivity contribution >= 4 is 17.7 Å². The summed E-state index contributed by atoms with van der Waals surface area (Å²) in [7, 11) is 0. The molecule has 1 N–H and O–H groups in total. The number of thioether (sulfide) groups is 1. The summed E-state index contributed by atoms with van der Waals surface area (Å²) < 4.78 is 0.161.